The van der Waals surface area contributed by atoms with Crippen LogP contribution in [0.2, 0.25) is 0 Å². The highest BCUT2D eigenvalue weighted by molar-refractivity contribution is 7.92. The first kappa shape index (κ1) is 18.7. The number of methoxy groups -OCH3 is 1. The minimum atomic E-state index is -3.32. The molecule has 0 radical (unpaired) electrons. The van der Waals surface area contributed by atoms with Crippen LogP contribution >= 0.6 is 0 Å². The molecular formula is C19H18N6O3S. The number of sulfonamides is 1. The van der Waals surface area contributed by atoms with E-state index >= 15 is 0 Å². The molecule has 0 bridgehead atoms. The normalized spacial score (nSPS) is 11.4. The number of nitrogens with one attached hydrogen (secondary N) is 2. The van der Waals surface area contributed by atoms with E-state index in [4.69, 9.17) is 4.74 Å². The first-order valence-corrected chi connectivity index (χ1v) is 10.5. The molecule has 0 fully saturated rings. The van der Waals surface area contributed by atoms with Crippen molar-refractivity contribution < 1.29 is 13.2 Å². The Morgan fingerprint density at radius 2 is 1.66 bits per heavy atom. The number of benzene rings is 2. The minimum absolute atomic E-state index is 0.400. The van der Waals surface area contributed by atoms with Crippen molar-refractivity contribution in [2.75, 3.05) is 23.4 Å². The fourth-order valence-electron chi connectivity index (χ4n) is 2.75. The van der Waals surface area contributed by atoms with Crippen molar-refractivity contribution in [3.63, 3.8) is 0 Å². The van der Waals surface area contributed by atoms with Gasteiger partial charge in [0.2, 0.25) is 16.0 Å². The van der Waals surface area contributed by atoms with E-state index in [0.29, 0.717) is 17.3 Å². The highest BCUT2D eigenvalue weighted by Gasteiger charge is 2.09. The maximum Gasteiger partial charge on any atom is 0.229 e. The number of hydrogen-bond donors (Lipinski definition) is 2. The van der Waals surface area contributed by atoms with Gasteiger partial charge in [-0.1, -0.05) is 0 Å². The fraction of sp³-hybridized carbons (Fsp3) is 0.105. The second-order valence-electron chi connectivity index (χ2n) is 6.30. The van der Waals surface area contributed by atoms with Crippen LogP contribution in [0.15, 0.2) is 60.9 Å². The van der Waals surface area contributed by atoms with Crippen LogP contribution in [0.3, 0.4) is 0 Å². The molecule has 4 aromatic rings. The van der Waals surface area contributed by atoms with Gasteiger partial charge in [-0.15, -0.1) is 0 Å². The highest BCUT2D eigenvalue weighted by Crippen LogP contribution is 2.22. The molecule has 0 aliphatic rings. The molecule has 0 atom stereocenters. The van der Waals surface area contributed by atoms with Gasteiger partial charge in [0.25, 0.3) is 0 Å². The summed E-state index contributed by atoms with van der Waals surface area (Å²) in [7, 11) is -1.70. The van der Waals surface area contributed by atoms with Crippen LogP contribution in [0.4, 0.5) is 17.3 Å². The predicted molar refractivity (Wildman–Crippen MR) is 111 cm³/mol. The van der Waals surface area contributed by atoms with E-state index in [0.717, 1.165) is 28.8 Å². The Labute approximate surface area is 167 Å². The zero-order valence-corrected chi connectivity index (χ0v) is 16.5. The summed E-state index contributed by atoms with van der Waals surface area (Å²) < 4.78 is 31.9. The molecule has 148 valence electrons. The summed E-state index contributed by atoms with van der Waals surface area (Å²) in [5, 5.41) is 8.31. The summed E-state index contributed by atoms with van der Waals surface area (Å²) in [6.07, 6.45) is 4.50. The van der Waals surface area contributed by atoms with Crippen molar-refractivity contribution in [3.05, 3.63) is 60.9 Å². The van der Waals surface area contributed by atoms with Crippen LogP contribution in [0.25, 0.3) is 16.7 Å². The van der Waals surface area contributed by atoms with E-state index in [-0.39, 0.29) is 0 Å². The van der Waals surface area contributed by atoms with Crippen molar-refractivity contribution in [2.45, 2.75) is 0 Å². The first-order chi connectivity index (χ1) is 13.9. The van der Waals surface area contributed by atoms with Crippen LogP contribution in [0.5, 0.6) is 5.75 Å². The summed E-state index contributed by atoms with van der Waals surface area (Å²) >= 11 is 0. The second kappa shape index (κ2) is 7.40. The summed E-state index contributed by atoms with van der Waals surface area (Å²) in [6.45, 7) is 0. The lowest BCUT2D eigenvalue weighted by Gasteiger charge is -2.08. The molecule has 0 saturated heterocycles. The Balaban J connectivity index is 1.60. The molecule has 0 aliphatic carbocycles. The third kappa shape index (κ3) is 4.27. The lowest BCUT2D eigenvalue weighted by atomic mass is 10.3. The number of fused-ring (bicyclic) bond motifs is 1. The number of ether oxygens (including phenoxy) is 1. The van der Waals surface area contributed by atoms with Gasteiger partial charge in [-0.05, 0) is 48.5 Å². The molecule has 2 N–H and O–H groups in total. The van der Waals surface area contributed by atoms with Crippen LogP contribution in [-0.4, -0.2) is 41.5 Å². The highest BCUT2D eigenvalue weighted by atomic mass is 32.2. The first-order valence-electron chi connectivity index (χ1n) is 8.61. The van der Waals surface area contributed by atoms with Gasteiger partial charge in [0.05, 0.1) is 30.6 Å². The van der Waals surface area contributed by atoms with Crippen molar-refractivity contribution in [2.24, 2.45) is 0 Å². The molecular weight excluding hydrogens is 392 g/mol. The predicted octanol–water partition coefficient (Wildman–Crippen LogP) is 2.94. The average molecular weight is 410 g/mol. The smallest absolute Gasteiger partial charge is 0.229 e. The van der Waals surface area contributed by atoms with Gasteiger partial charge in [-0.2, -0.15) is 10.1 Å². The molecule has 0 amide bonds. The Morgan fingerprint density at radius 3 is 2.31 bits per heavy atom. The summed E-state index contributed by atoms with van der Waals surface area (Å²) in [5.41, 5.74) is 2.70. The van der Waals surface area contributed by atoms with Crippen LogP contribution < -0.4 is 14.8 Å². The molecule has 0 aliphatic heterocycles. The van der Waals surface area contributed by atoms with Crippen LogP contribution in [-0.2, 0) is 10.0 Å². The molecule has 9 nitrogen and oxygen atoms in total. The second-order valence-corrected chi connectivity index (χ2v) is 8.05. The Bertz CT molecular complexity index is 1250. The number of nitrogens with zero attached hydrogens (tertiary/aromatic N) is 4. The van der Waals surface area contributed by atoms with E-state index in [2.05, 4.69) is 25.1 Å². The molecule has 10 heteroatoms. The molecule has 0 saturated carbocycles. The van der Waals surface area contributed by atoms with Gasteiger partial charge in [0.1, 0.15) is 5.75 Å². The SMILES string of the molecule is COc1ccc(-n2ncc3cnc(Nc4ccc(NS(C)(=O)=O)cc4)nc32)cc1. The summed E-state index contributed by atoms with van der Waals surface area (Å²) in [4.78, 5) is 8.88. The van der Waals surface area contributed by atoms with Gasteiger partial charge in [-0.3, -0.25) is 4.72 Å². The summed E-state index contributed by atoms with van der Waals surface area (Å²) in [6, 6.07) is 14.3. The monoisotopic (exact) mass is 410 g/mol. The Kier molecular flexibility index (Phi) is 4.77. The molecule has 2 aromatic heterocycles. The van der Waals surface area contributed by atoms with Gasteiger partial charge in [-0.25, -0.2) is 18.1 Å². The van der Waals surface area contributed by atoms with Crippen molar-refractivity contribution in [3.8, 4) is 11.4 Å². The third-order valence-electron chi connectivity index (χ3n) is 4.07. The van der Waals surface area contributed by atoms with Crippen LogP contribution in [0.1, 0.15) is 0 Å². The fourth-order valence-corrected chi connectivity index (χ4v) is 3.32. The molecule has 4 rings (SSSR count). The molecule has 0 unspecified atom stereocenters. The third-order valence-corrected chi connectivity index (χ3v) is 4.68. The quantitative estimate of drug-likeness (QED) is 0.503. The van der Waals surface area contributed by atoms with Crippen molar-refractivity contribution >= 4 is 38.4 Å². The molecule has 29 heavy (non-hydrogen) atoms. The molecule has 2 aromatic carbocycles. The lowest BCUT2D eigenvalue weighted by Crippen LogP contribution is -2.09. The number of hydrogen-bond acceptors (Lipinski definition) is 7. The van der Waals surface area contributed by atoms with E-state index < -0.39 is 10.0 Å². The van der Waals surface area contributed by atoms with Gasteiger partial charge < -0.3 is 10.1 Å². The standard InChI is InChI=1S/C19H18N6O3S/c1-28-17-9-7-16(8-10-17)25-18-13(12-21-25)11-20-19(23-18)22-14-3-5-15(6-4-14)24-29(2,26)27/h3-12,24H,1-2H3,(H,20,22,23). The zero-order chi connectivity index (χ0) is 20.4. The maximum atomic E-state index is 11.3. The van der Waals surface area contributed by atoms with E-state index in [1.165, 1.54) is 0 Å². The van der Waals surface area contributed by atoms with Gasteiger partial charge >= 0.3 is 0 Å². The molecule has 2 heterocycles. The van der Waals surface area contributed by atoms with Gasteiger partial charge in [0, 0.05) is 17.6 Å². The number of aromatic nitrogens is 4. The molecule has 0 spiro atoms. The van der Waals surface area contributed by atoms with Crippen molar-refractivity contribution in [1.82, 2.24) is 19.7 Å². The average Bonchev–Trinajstić information content (AvgIpc) is 3.12. The largest absolute Gasteiger partial charge is 0.497 e. The minimum Gasteiger partial charge on any atom is -0.497 e. The number of anilines is 3. The zero-order valence-electron chi connectivity index (χ0n) is 15.7. The lowest BCUT2D eigenvalue weighted by molar-refractivity contribution is 0.414. The Hall–Kier alpha value is -3.66. The van der Waals surface area contributed by atoms with Gasteiger partial charge in [0.15, 0.2) is 5.65 Å². The van der Waals surface area contributed by atoms with E-state index in [1.54, 1.807) is 48.5 Å². The van der Waals surface area contributed by atoms with Crippen molar-refractivity contribution in [1.29, 1.82) is 0 Å². The summed E-state index contributed by atoms with van der Waals surface area (Å²) in [5.74, 6) is 1.16. The van der Waals surface area contributed by atoms with E-state index in [9.17, 15) is 8.42 Å². The van der Waals surface area contributed by atoms with Crippen LogP contribution in [0, 0.1) is 0 Å². The number of rotatable bonds is 6. The Morgan fingerprint density at radius 1 is 0.966 bits per heavy atom. The van der Waals surface area contributed by atoms with E-state index in [1.807, 2.05) is 24.3 Å². The topological polar surface area (TPSA) is 111 Å². The maximum absolute atomic E-state index is 11.3.